The number of nitrogens with one attached hydrogen (secondary N) is 2. The van der Waals surface area contributed by atoms with Crippen LogP contribution in [0.25, 0.3) is 0 Å². The second-order valence-corrected chi connectivity index (χ2v) is 6.87. The molecule has 21 heavy (non-hydrogen) atoms. The Morgan fingerprint density at radius 3 is 2.43 bits per heavy atom. The van der Waals surface area contributed by atoms with Gasteiger partial charge in [0.25, 0.3) is 5.91 Å². The molecule has 0 heterocycles. The van der Waals surface area contributed by atoms with Crippen LogP contribution in [0, 0.1) is 5.92 Å². The largest absolute Gasteiger partial charge is 0.349 e. The van der Waals surface area contributed by atoms with Crippen molar-refractivity contribution >= 4 is 15.9 Å². The van der Waals surface area contributed by atoms with Crippen molar-refractivity contribution in [2.75, 3.05) is 13.1 Å². The third-order valence-corrected chi connectivity index (χ3v) is 4.32. The zero-order valence-corrected chi connectivity index (χ0v) is 13.2. The molecule has 6 heteroatoms. The van der Waals surface area contributed by atoms with Crippen LogP contribution in [0.4, 0.5) is 0 Å². The molecular weight excluding hydrogens is 288 g/mol. The lowest BCUT2D eigenvalue weighted by molar-refractivity contribution is 0.0958. The molecule has 0 saturated heterocycles. The third kappa shape index (κ3) is 5.69. The van der Waals surface area contributed by atoms with Gasteiger partial charge in [-0.25, -0.2) is 13.1 Å². The van der Waals surface area contributed by atoms with E-state index in [0.717, 1.165) is 6.42 Å². The zero-order valence-electron chi connectivity index (χ0n) is 12.4. The van der Waals surface area contributed by atoms with Gasteiger partial charge in [0.2, 0.25) is 10.0 Å². The lowest BCUT2D eigenvalue weighted by Crippen LogP contribution is -2.26. The smallest absolute Gasteiger partial charge is 0.251 e. The third-order valence-electron chi connectivity index (χ3n) is 2.85. The number of benzene rings is 1. The molecule has 0 spiro atoms. The summed E-state index contributed by atoms with van der Waals surface area (Å²) in [6, 6.07) is 5.85. The van der Waals surface area contributed by atoms with E-state index < -0.39 is 10.0 Å². The van der Waals surface area contributed by atoms with Crippen LogP contribution in [0.3, 0.4) is 0 Å². The fourth-order valence-corrected chi connectivity index (χ4v) is 2.67. The second-order valence-electron chi connectivity index (χ2n) is 5.10. The van der Waals surface area contributed by atoms with Crippen LogP contribution >= 0.6 is 0 Å². The van der Waals surface area contributed by atoms with Crippen molar-refractivity contribution in [2.24, 2.45) is 5.92 Å². The summed E-state index contributed by atoms with van der Waals surface area (Å²) in [5.74, 6) is 0.176. The van der Waals surface area contributed by atoms with Gasteiger partial charge in [-0.3, -0.25) is 4.79 Å². The van der Waals surface area contributed by atoms with Crippen molar-refractivity contribution < 1.29 is 13.2 Å². The summed E-state index contributed by atoms with van der Waals surface area (Å²) in [7, 11) is -3.51. The van der Waals surface area contributed by atoms with E-state index in [9.17, 15) is 13.2 Å². The Labute approximate surface area is 126 Å². The number of carbonyl (C=O) groups excluding carboxylic acids is 1. The normalized spacial score (nSPS) is 11.4. The van der Waals surface area contributed by atoms with Crippen molar-refractivity contribution in [3.05, 3.63) is 42.5 Å². The lowest BCUT2D eigenvalue weighted by atomic mass is 10.1. The first-order valence-electron chi connectivity index (χ1n) is 6.85. The van der Waals surface area contributed by atoms with Crippen LogP contribution in [0.5, 0.6) is 0 Å². The molecule has 0 radical (unpaired) electrons. The van der Waals surface area contributed by atoms with Crippen LogP contribution in [0.1, 0.15) is 30.6 Å². The fourth-order valence-electron chi connectivity index (χ4n) is 1.62. The van der Waals surface area contributed by atoms with Gasteiger partial charge in [0, 0.05) is 18.7 Å². The number of hydrogen-bond acceptors (Lipinski definition) is 3. The number of carbonyl (C=O) groups is 1. The lowest BCUT2D eigenvalue weighted by Gasteiger charge is -2.09. The Morgan fingerprint density at radius 1 is 1.29 bits per heavy atom. The monoisotopic (exact) mass is 310 g/mol. The minimum atomic E-state index is -3.51. The molecule has 1 aromatic rings. The number of amides is 1. The SMILES string of the molecule is C=CCNC(=O)c1ccc(S(=O)(=O)NCCC(C)C)cc1. The standard InChI is InChI=1S/C15H22N2O3S/c1-4-10-16-15(18)13-5-7-14(8-6-13)21(19,20)17-11-9-12(2)3/h4-8,12,17H,1,9-11H2,2-3H3,(H,16,18). The van der Waals surface area contributed by atoms with E-state index >= 15 is 0 Å². The molecule has 0 bridgehead atoms. The van der Waals surface area contributed by atoms with E-state index in [1.807, 2.05) is 13.8 Å². The Bertz CT molecular complexity index is 577. The van der Waals surface area contributed by atoms with Gasteiger partial charge in [-0.1, -0.05) is 19.9 Å². The molecule has 1 aromatic carbocycles. The molecule has 0 aliphatic rings. The molecule has 116 valence electrons. The summed E-state index contributed by atoms with van der Waals surface area (Å²) >= 11 is 0. The highest BCUT2D eigenvalue weighted by Crippen LogP contribution is 2.11. The van der Waals surface area contributed by atoms with Gasteiger partial charge in [-0.05, 0) is 36.6 Å². The first-order chi connectivity index (χ1) is 9.86. The maximum Gasteiger partial charge on any atom is 0.251 e. The van der Waals surface area contributed by atoms with E-state index in [-0.39, 0.29) is 10.8 Å². The van der Waals surface area contributed by atoms with E-state index in [2.05, 4.69) is 16.6 Å². The van der Waals surface area contributed by atoms with Crippen LogP contribution in [-0.2, 0) is 10.0 Å². The van der Waals surface area contributed by atoms with E-state index in [0.29, 0.717) is 24.6 Å². The Balaban J connectivity index is 2.72. The van der Waals surface area contributed by atoms with Crippen LogP contribution in [0.15, 0.2) is 41.8 Å². The predicted molar refractivity (Wildman–Crippen MR) is 83.6 cm³/mol. The van der Waals surface area contributed by atoms with Crippen molar-refractivity contribution in [1.29, 1.82) is 0 Å². The predicted octanol–water partition coefficient (Wildman–Crippen LogP) is 1.93. The van der Waals surface area contributed by atoms with Crippen molar-refractivity contribution in [3.8, 4) is 0 Å². The summed E-state index contributed by atoms with van der Waals surface area (Å²) in [6.07, 6.45) is 2.36. The van der Waals surface area contributed by atoms with E-state index in [4.69, 9.17) is 0 Å². The van der Waals surface area contributed by atoms with Crippen molar-refractivity contribution in [2.45, 2.75) is 25.2 Å². The fraction of sp³-hybridized carbons (Fsp3) is 0.400. The Kier molecular flexibility index (Phi) is 6.58. The molecule has 0 fully saturated rings. The molecular formula is C15H22N2O3S. The topological polar surface area (TPSA) is 75.3 Å². The molecule has 2 N–H and O–H groups in total. The summed E-state index contributed by atoms with van der Waals surface area (Å²) in [6.45, 7) is 8.35. The number of rotatable bonds is 8. The van der Waals surface area contributed by atoms with Crippen molar-refractivity contribution in [1.82, 2.24) is 10.0 Å². The molecule has 0 saturated carbocycles. The Morgan fingerprint density at radius 2 is 1.90 bits per heavy atom. The Hall–Kier alpha value is -1.66. The molecule has 0 aliphatic heterocycles. The van der Waals surface area contributed by atoms with Crippen LogP contribution in [-0.4, -0.2) is 27.4 Å². The summed E-state index contributed by atoms with van der Waals surface area (Å²) < 4.78 is 26.6. The summed E-state index contributed by atoms with van der Waals surface area (Å²) in [5.41, 5.74) is 0.415. The van der Waals surface area contributed by atoms with Gasteiger partial charge in [0.05, 0.1) is 4.90 Å². The molecule has 1 rings (SSSR count). The summed E-state index contributed by atoms with van der Waals surface area (Å²) in [4.78, 5) is 11.8. The van der Waals surface area contributed by atoms with Gasteiger partial charge >= 0.3 is 0 Å². The van der Waals surface area contributed by atoms with Crippen LogP contribution in [0.2, 0.25) is 0 Å². The minimum absolute atomic E-state index is 0.159. The van der Waals surface area contributed by atoms with Gasteiger partial charge in [0.15, 0.2) is 0 Å². The van der Waals surface area contributed by atoms with Crippen molar-refractivity contribution in [3.63, 3.8) is 0 Å². The van der Waals surface area contributed by atoms with Gasteiger partial charge in [0.1, 0.15) is 0 Å². The molecule has 0 unspecified atom stereocenters. The highest BCUT2D eigenvalue weighted by Gasteiger charge is 2.14. The average molecular weight is 310 g/mol. The van der Waals surface area contributed by atoms with Gasteiger partial charge < -0.3 is 5.32 Å². The molecule has 0 aliphatic carbocycles. The van der Waals surface area contributed by atoms with Gasteiger partial charge in [-0.15, -0.1) is 6.58 Å². The first kappa shape index (κ1) is 17.4. The van der Waals surface area contributed by atoms with E-state index in [1.54, 1.807) is 6.08 Å². The number of sulfonamides is 1. The molecule has 1 amide bonds. The molecule has 5 nitrogen and oxygen atoms in total. The molecule has 0 atom stereocenters. The maximum absolute atomic E-state index is 12.0. The first-order valence-corrected chi connectivity index (χ1v) is 8.34. The maximum atomic E-state index is 12.0. The van der Waals surface area contributed by atoms with Crippen LogP contribution < -0.4 is 10.0 Å². The highest BCUT2D eigenvalue weighted by molar-refractivity contribution is 7.89. The zero-order chi connectivity index (χ0) is 15.9. The second kappa shape index (κ2) is 7.95. The van der Waals surface area contributed by atoms with E-state index in [1.165, 1.54) is 24.3 Å². The number of hydrogen-bond donors (Lipinski definition) is 2. The average Bonchev–Trinajstić information content (AvgIpc) is 2.44. The van der Waals surface area contributed by atoms with Gasteiger partial charge in [-0.2, -0.15) is 0 Å². The highest BCUT2D eigenvalue weighted by atomic mass is 32.2. The summed E-state index contributed by atoms with van der Waals surface area (Å²) in [5, 5.41) is 2.63. The quantitative estimate of drug-likeness (QED) is 0.720. The minimum Gasteiger partial charge on any atom is -0.349 e. The molecule has 0 aromatic heterocycles.